The first-order valence-electron chi connectivity index (χ1n) is 5.96. The lowest BCUT2D eigenvalue weighted by Crippen LogP contribution is -2.37. The molecule has 0 aromatic heterocycles. The molecule has 1 atom stereocenters. The lowest BCUT2D eigenvalue weighted by atomic mass is 10.1. The van der Waals surface area contributed by atoms with E-state index in [0.717, 1.165) is 13.0 Å². The summed E-state index contributed by atoms with van der Waals surface area (Å²) < 4.78 is 0. The summed E-state index contributed by atoms with van der Waals surface area (Å²) in [5.74, 6) is 0. The van der Waals surface area contributed by atoms with Gasteiger partial charge in [-0.05, 0) is 18.4 Å². The molecule has 0 aliphatic carbocycles. The van der Waals surface area contributed by atoms with Crippen molar-refractivity contribution in [2.24, 2.45) is 0 Å². The fraction of sp³-hybridized carbons (Fsp3) is 0.429. The molecule has 1 fully saturated rings. The molecule has 0 N–H and O–H groups in total. The van der Waals surface area contributed by atoms with E-state index < -0.39 is 0 Å². The van der Waals surface area contributed by atoms with Crippen molar-refractivity contribution in [2.75, 3.05) is 6.54 Å². The van der Waals surface area contributed by atoms with Gasteiger partial charge in [-0.2, -0.15) is 5.06 Å². The molecular formula is C14H19NO. The molecule has 2 rings (SSSR count). The zero-order valence-electron chi connectivity index (χ0n) is 9.64. The molecule has 1 unspecified atom stereocenters. The quantitative estimate of drug-likeness (QED) is 0.718. The van der Waals surface area contributed by atoms with E-state index in [1.807, 2.05) is 24.3 Å². The number of nitrogens with zero attached hydrogens (tertiary/aromatic N) is 1. The van der Waals surface area contributed by atoms with Crippen LogP contribution in [0.25, 0.3) is 0 Å². The van der Waals surface area contributed by atoms with E-state index in [9.17, 15) is 0 Å². The van der Waals surface area contributed by atoms with E-state index in [0.29, 0.717) is 12.6 Å². The highest BCUT2D eigenvalue weighted by atomic mass is 16.7. The first-order valence-corrected chi connectivity index (χ1v) is 5.96. The lowest BCUT2D eigenvalue weighted by Gasteiger charge is -2.32. The maximum absolute atomic E-state index is 5.83. The van der Waals surface area contributed by atoms with E-state index in [1.165, 1.54) is 18.4 Å². The summed E-state index contributed by atoms with van der Waals surface area (Å²) in [5, 5.41) is 2.07. The third kappa shape index (κ3) is 2.94. The predicted molar refractivity (Wildman–Crippen MR) is 65.8 cm³/mol. The van der Waals surface area contributed by atoms with Crippen molar-refractivity contribution in [1.82, 2.24) is 5.06 Å². The molecule has 0 spiro atoms. The zero-order valence-corrected chi connectivity index (χ0v) is 9.64. The normalized spacial score (nSPS) is 21.9. The van der Waals surface area contributed by atoms with Gasteiger partial charge in [0.1, 0.15) is 0 Å². The predicted octanol–water partition coefficient (Wildman–Crippen LogP) is 3.16. The summed E-state index contributed by atoms with van der Waals surface area (Å²) in [7, 11) is 0. The van der Waals surface area contributed by atoms with E-state index >= 15 is 0 Å². The summed E-state index contributed by atoms with van der Waals surface area (Å²) in [6.07, 6.45) is 5.66. The Bertz CT molecular complexity index is 323. The number of hydroxylamine groups is 2. The molecule has 1 saturated heterocycles. The van der Waals surface area contributed by atoms with Gasteiger partial charge in [-0.15, -0.1) is 6.58 Å². The molecule has 1 aromatic carbocycles. The average molecular weight is 217 g/mol. The standard InChI is InChI=1S/C14H19NO/c1-2-14-10-6-7-11-15(14)16-12-13-8-4-3-5-9-13/h2-5,8-9,14H,1,6-7,10-12H2. The average Bonchev–Trinajstić information content (AvgIpc) is 2.38. The smallest absolute Gasteiger partial charge is 0.0936 e. The molecule has 16 heavy (non-hydrogen) atoms. The molecule has 1 heterocycles. The Morgan fingerprint density at radius 2 is 2.12 bits per heavy atom. The van der Waals surface area contributed by atoms with Crippen molar-refractivity contribution in [3.8, 4) is 0 Å². The molecule has 2 nitrogen and oxygen atoms in total. The second-order valence-electron chi connectivity index (χ2n) is 4.20. The van der Waals surface area contributed by atoms with Crippen molar-refractivity contribution >= 4 is 0 Å². The summed E-state index contributed by atoms with van der Waals surface area (Å²) in [6.45, 7) is 5.54. The Morgan fingerprint density at radius 3 is 2.88 bits per heavy atom. The van der Waals surface area contributed by atoms with Gasteiger partial charge in [-0.1, -0.05) is 42.8 Å². The topological polar surface area (TPSA) is 12.5 Å². The molecule has 1 aliphatic heterocycles. The Balaban J connectivity index is 1.86. The van der Waals surface area contributed by atoms with Crippen LogP contribution in [-0.4, -0.2) is 17.6 Å². The van der Waals surface area contributed by atoms with Crippen LogP contribution in [0, 0.1) is 0 Å². The largest absolute Gasteiger partial charge is 0.294 e. The van der Waals surface area contributed by atoms with Crippen molar-refractivity contribution in [2.45, 2.75) is 31.9 Å². The summed E-state index contributed by atoms with van der Waals surface area (Å²) in [6, 6.07) is 10.7. The minimum Gasteiger partial charge on any atom is -0.294 e. The Hall–Kier alpha value is -1.12. The van der Waals surface area contributed by atoms with E-state index in [4.69, 9.17) is 4.84 Å². The summed E-state index contributed by atoms with van der Waals surface area (Å²) >= 11 is 0. The number of hydrogen-bond acceptors (Lipinski definition) is 2. The molecule has 2 heteroatoms. The molecule has 86 valence electrons. The van der Waals surface area contributed by atoms with Crippen LogP contribution in [0.2, 0.25) is 0 Å². The monoisotopic (exact) mass is 217 g/mol. The van der Waals surface area contributed by atoms with Crippen LogP contribution in [-0.2, 0) is 11.4 Å². The summed E-state index contributed by atoms with van der Waals surface area (Å²) in [4.78, 5) is 5.83. The molecule has 0 saturated carbocycles. The van der Waals surface area contributed by atoms with Crippen LogP contribution < -0.4 is 0 Å². The van der Waals surface area contributed by atoms with Crippen LogP contribution in [0.15, 0.2) is 43.0 Å². The SMILES string of the molecule is C=CC1CCCCN1OCc1ccccc1. The van der Waals surface area contributed by atoms with Crippen molar-refractivity contribution in [1.29, 1.82) is 0 Å². The number of rotatable bonds is 4. The third-order valence-electron chi connectivity index (χ3n) is 3.01. The molecule has 0 amide bonds. The number of hydrogen-bond donors (Lipinski definition) is 0. The number of benzene rings is 1. The van der Waals surface area contributed by atoms with Crippen LogP contribution in [0.3, 0.4) is 0 Å². The maximum Gasteiger partial charge on any atom is 0.0936 e. The van der Waals surface area contributed by atoms with Gasteiger partial charge in [0.25, 0.3) is 0 Å². The number of piperidine rings is 1. The van der Waals surface area contributed by atoms with Crippen molar-refractivity contribution in [3.63, 3.8) is 0 Å². The van der Waals surface area contributed by atoms with Crippen LogP contribution in [0.5, 0.6) is 0 Å². The minimum atomic E-state index is 0.387. The van der Waals surface area contributed by atoms with Crippen molar-refractivity contribution < 1.29 is 4.84 Å². The lowest BCUT2D eigenvalue weighted by molar-refractivity contribution is -0.196. The Kier molecular flexibility index (Phi) is 4.14. The second kappa shape index (κ2) is 5.83. The van der Waals surface area contributed by atoms with Gasteiger partial charge in [0.15, 0.2) is 0 Å². The van der Waals surface area contributed by atoms with Gasteiger partial charge in [0.05, 0.1) is 12.6 Å². The van der Waals surface area contributed by atoms with Gasteiger partial charge < -0.3 is 0 Å². The Labute approximate surface area is 97.5 Å². The van der Waals surface area contributed by atoms with Crippen LogP contribution in [0.1, 0.15) is 24.8 Å². The Morgan fingerprint density at radius 1 is 1.31 bits per heavy atom. The van der Waals surface area contributed by atoms with Gasteiger partial charge >= 0.3 is 0 Å². The molecular weight excluding hydrogens is 198 g/mol. The van der Waals surface area contributed by atoms with Crippen LogP contribution in [0.4, 0.5) is 0 Å². The zero-order chi connectivity index (χ0) is 11.2. The highest BCUT2D eigenvalue weighted by Crippen LogP contribution is 2.18. The maximum atomic E-state index is 5.83. The van der Waals surface area contributed by atoms with Crippen molar-refractivity contribution in [3.05, 3.63) is 48.6 Å². The highest BCUT2D eigenvalue weighted by molar-refractivity contribution is 5.13. The fourth-order valence-electron chi connectivity index (χ4n) is 2.06. The first kappa shape index (κ1) is 11.4. The molecule has 0 radical (unpaired) electrons. The van der Waals surface area contributed by atoms with Gasteiger partial charge in [-0.25, -0.2) is 0 Å². The van der Waals surface area contributed by atoms with E-state index in [1.54, 1.807) is 0 Å². The van der Waals surface area contributed by atoms with E-state index in [2.05, 4.69) is 23.8 Å². The van der Waals surface area contributed by atoms with Gasteiger partial charge in [-0.3, -0.25) is 4.84 Å². The van der Waals surface area contributed by atoms with Crippen LogP contribution >= 0.6 is 0 Å². The first-order chi connectivity index (χ1) is 7.90. The highest BCUT2D eigenvalue weighted by Gasteiger charge is 2.20. The second-order valence-corrected chi connectivity index (χ2v) is 4.20. The van der Waals surface area contributed by atoms with Gasteiger partial charge in [0, 0.05) is 6.54 Å². The molecule has 1 aromatic rings. The minimum absolute atomic E-state index is 0.387. The molecule has 0 bridgehead atoms. The summed E-state index contributed by atoms with van der Waals surface area (Å²) in [5.41, 5.74) is 1.22. The van der Waals surface area contributed by atoms with E-state index in [-0.39, 0.29) is 0 Å². The fourth-order valence-corrected chi connectivity index (χ4v) is 2.06. The third-order valence-corrected chi connectivity index (χ3v) is 3.01. The molecule has 1 aliphatic rings. The van der Waals surface area contributed by atoms with Gasteiger partial charge in [0.2, 0.25) is 0 Å².